The number of aliphatic hydroxyl groups is 2. The molecule has 2 aliphatic heterocycles. The Balaban J connectivity index is 1.02. The SMILES string of the molecule is C[C@@H](/C=C/CC(=O)N1Cc2ccccc2C[C@H]1CO)[C@]1(O)C(=O)N(Cc2ccc(-n3[nH]c4ccccc4c3=O)cc2)c2ccc(-n3[nH]c4ccccc4c3=O)cc21. The number of hydrogen-bond donors (Lipinski definition) is 4. The highest BCUT2D eigenvalue weighted by Crippen LogP contribution is 2.46. The van der Waals surface area contributed by atoms with E-state index in [2.05, 4.69) is 10.2 Å². The topological polar surface area (TPSA) is 157 Å². The fourth-order valence-electron chi connectivity index (χ4n) is 8.32. The second kappa shape index (κ2) is 14.1. The molecule has 7 aromatic rings. The van der Waals surface area contributed by atoms with Crippen LogP contribution in [0.4, 0.5) is 5.69 Å². The van der Waals surface area contributed by atoms with Crippen LogP contribution < -0.4 is 16.0 Å². The molecule has 0 aliphatic carbocycles. The average Bonchev–Trinajstić information content (AvgIpc) is 3.84. The van der Waals surface area contributed by atoms with Crippen LogP contribution in [0.2, 0.25) is 0 Å². The van der Waals surface area contributed by atoms with E-state index >= 15 is 0 Å². The number of aromatic nitrogens is 4. The Bertz CT molecular complexity index is 2850. The second-order valence-electron chi connectivity index (χ2n) is 14.9. The number of fused-ring (bicyclic) bond motifs is 4. The number of amides is 2. The predicted molar refractivity (Wildman–Crippen MR) is 217 cm³/mol. The third kappa shape index (κ3) is 6.01. The number of nitrogens with one attached hydrogen (secondary N) is 2. The number of carbonyl (C=O) groups is 2. The third-order valence-corrected chi connectivity index (χ3v) is 11.5. The molecule has 0 saturated carbocycles. The lowest BCUT2D eigenvalue weighted by atomic mass is 9.82. The minimum absolute atomic E-state index is 0.0140. The molecule has 0 fully saturated rings. The molecule has 4 heterocycles. The molecule has 286 valence electrons. The van der Waals surface area contributed by atoms with Gasteiger partial charge in [-0.05, 0) is 77.7 Å². The fourth-order valence-corrected chi connectivity index (χ4v) is 8.32. The monoisotopic (exact) mass is 760 g/mol. The first-order chi connectivity index (χ1) is 27.6. The largest absolute Gasteiger partial charge is 0.394 e. The Morgan fingerprint density at radius 2 is 1.40 bits per heavy atom. The van der Waals surface area contributed by atoms with Crippen molar-refractivity contribution in [3.8, 4) is 11.4 Å². The van der Waals surface area contributed by atoms with Crippen LogP contribution in [-0.4, -0.2) is 59.1 Å². The maximum atomic E-state index is 14.6. The molecule has 0 unspecified atom stereocenters. The molecule has 0 bridgehead atoms. The molecule has 0 spiro atoms. The number of H-pyrrole nitrogens is 2. The highest BCUT2D eigenvalue weighted by Gasteiger charge is 2.52. The summed E-state index contributed by atoms with van der Waals surface area (Å²) in [6, 6.07) is 34.4. The number of aromatic amines is 2. The second-order valence-corrected chi connectivity index (χ2v) is 14.9. The molecule has 0 saturated heterocycles. The van der Waals surface area contributed by atoms with Crippen molar-refractivity contribution in [2.24, 2.45) is 5.92 Å². The number of carbonyl (C=O) groups excluding carboxylic acids is 2. The summed E-state index contributed by atoms with van der Waals surface area (Å²) in [6.07, 6.45) is 3.93. The van der Waals surface area contributed by atoms with E-state index in [1.165, 1.54) is 14.3 Å². The van der Waals surface area contributed by atoms with Crippen molar-refractivity contribution in [2.45, 2.75) is 44.5 Å². The van der Waals surface area contributed by atoms with Gasteiger partial charge in [-0.1, -0.05) is 79.7 Å². The highest BCUT2D eigenvalue weighted by atomic mass is 16.3. The van der Waals surface area contributed by atoms with Gasteiger partial charge in [-0.25, -0.2) is 9.36 Å². The molecule has 5 aromatic carbocycles. The van der Waals surface area contributed by atoms with Gasteiger partial charge in [0.1, 0.15) is 0 Å². The first-order valence-corrected chi connectivity index (χ1v) is 19.0. The number of benzene rings is 5. The Labute approximate surface area is 326 Å². The number of anilines is 1. The molecule has 12 nitrogen and oxygen atoms in total. The van der Waals surface area contributed by atoms with Gasteiger partial charge in [0.2, 0.25) is 5.91 Å². The van der Waals surface area contributed by atoms with Crippen LogP contribution in [0.15, 0.2) is 137 Å². The molecule has 2 amide bonds. The summed E-state index contributed by atoms with van der Waals surface area (Å²) in [5, 5.41) is 30.1. The minimum atomic E-state index is -2.05. The van der Waals surface area contributed by atoms with Gasteiger partial charge in [0, 0.05) is 24.4 Å². The average molecular weight is 761 g/mol. The molecule has 57 heavy (non-hydrogen) atoms. The van der Waals surface area contributed by atoms with Crippen LogP contribution in [0.3, 0.4) is 0 Å². The minimum Gasteiger partial charge on any atom is -0.394 e. The smallest absolute Gasteiger partial charge is 0.279 e. The van der Waals surface area contributed by atoms with E-state index in [-0.39, 0.29) is 42.6 Å². The van der Waals surface area contributed by atoms with E-state index in [1.54, 1.807) is 72.5 Å². The van der Waals surface area contributed by atoms with Crippen molar-refractivity contribution in [1.29, 1.82) is 0 Å². The van der Waals surface area contributed by atoms with Gasteiger partial charge in [-0.3, -0.25) is 29.4 Å². The van der Waals surface area contributed by atoms with Crippen molar-refractivity contribution < 1.29 is 19.8 Å². The van der Waals surface area contributed by atoms with Gasteiger partial charge in [-0.2, -0.15) is 0 Å². The first-order valence-electron chi connectivity index (χ1n) is 19.0. The van der Waals surface area contributed by atoms with E-state index < -0.39 is 17.4 Å². The summed E-state index contributed by atoms with van der Waals surface area (Å²) in [5.74, 6) is -1.51. The zero-order chi connectivity index (χ0) is 39.4. The van der Waals surface area contributed by atoms with Crippen LogP contribution in [0.1, 0.15) is 35.6 Å². The van der Waals surface area contributed by atoms with Crippen molar-refractivity contribution in [2.75, 3.05) is 11.5 Å². The molecule has 9 rings (SSSR count). The zero-order valence-electron chi connectivity index (χ0n) is 31.1. The highest BCUT2D eigenvalue weighted by molar-refractivity contribution is 6.07. The maximum absolute atomic E-state index is 14.6. The number of nitrogens with zero attached hydrogens (tertiary/aromatic N) is 4. The van der Waals surface area contributed by atoms with Crippen molar-refractivity contribution >= 4 is 39.3 Å². The summed E-state index contributed by atoms with van der Waals surface area (Å²) in [7, 11) is 0. The number of para-hydroxylation sites is 2. The quantitative estimate of drug-likeness (QED) is 0.148. The maximum Gasteiger partial charge on any atom is 0.279 e. The first kappa shape index (κ1) is 35.9. The molecule has 3 atom stereocenters. The number of aliphatic hydroxyl groups excluding tert-OH is 1. The number of rotatable bonds is 9. The van der Waals surface area contributed by atoms with Gasteiger partial charge < -0.3 is 20.0 Å². The number of hydrogen-bond acceptors (Lipinski definition) is 6. The predicted octanol–water partition coefficient (Wildman–Crippen LogP) is 5.21. The summed E-state index contributed by atoms with van der Waals surface area (Å²) < 4.78 is 2.88. The van der Waals surface area contributed by atoms with Gasteiger partial charge >= 0.3 is 0 Å². The van der Waals surface area contributed by atoms with Crippen molar-refractivity contribution in [1.82, 2.24) is 24.5 Å². The lowest BCUT2D eigenvalue weighted by molar-refractivity contribution is -0.139. The van der Waals surface area contributed by atoms with Gasteiger partial charge in [-0.15, -0.1) is 0 Å². The van der Waals surface area contributed by atoms with E-state index in [4.69, 9.17) is 0 Å². The molecular weight excluding hydrogens is 721 g/mol. The Morgan fingerprint density at radius 3 is 2.05 bits per heavy atom. The fraction of sp³-hybridized carbons (Fsp3) is 0.200. The van der Waals surface area contributed by atoms with Gasteiger partial charge in [0.25, 0.3) is 17.0 Å². The van der Waals surface area contributed by atoms with E-state index in [1.807, 2.05) is 66.7 Å². The van der Waals surface area contributed by atoms with Crippen molar-refractivity contribution in [3.63, 3.8) is 0 Å². The molecule has 2 aliphatic rings. The van der Waals surface area contributed by atoms with Crippen LogP contribution in [-0.2, 0) is 34.7 Å². The van der Waals surface area contributed by atoms with Crippen LogP contribution >= 0.6 is 0 Å². The Morgan fingerprint density at radius 1 is 0.807 bits per heavy atom. The molecule has 4 N–H and O–H groups in total. The van der Waals surface area contributed by atoms with Crippen molar-refractivity contribution in [3.05, 3.63) is 170 Å². The van der Waals surface area contributed by atoms with Crippen LogP contribution in [0.5, 0.6) is 0 Å². The van der Waals surface area contributed by atoms with E-state index in [0.29, 0.717) is 51.9 Å². The summed E-state index contributed by atoms with van der Waals surface area (Å²) in [4.78, 5) is 57.8. The normalized spacial score (nSPS) is 18.4. The zero-order valence-corrected chi connectivity index (χ0v) is 31.1. The lowest BCUT2D eigenvalue weighted by Gasteiger charge is -2.36. The summed E-state index contributed by atoms with van der Waals surface area (Å²) >= 11 is 0. The lowest BCUT2D eigenvalue weighted by Crippen LogP contribution is -2.46. The van der Waals surface area contributed by atoms with E-state index in [9.17, 15) is 29.4 Å². The summed E-state index contributed by atoms with van der Waals surface area (Å²) in [5.41, 5.74) is 3.70. The molecular formula is C45H40N6O6. The van der Waals surface area contributed by atoms with Crippen LogP contribution in [0, 0.1) is 5.92 Å². The molecule has 0 radical (unpaired) electrons. The Kier molecular flexibility index (Phi) is 8.87. The molecule has 2 aromatic heterocycles. The Hall–Kier alpha value is -6.76. The third-order valence-electron chi connectivity index (χ3n) is 11.5. The molecule has 12 heteroatoms. The summed E-state index contributed by atoms with van der Waals surface area (Å²) in [6.45, 7) is 2.08. The van der Waals surface area contributed by atoms with E-state index in [0.717, 1.165) is 22.2 Å². The van der Waals surface area contributed by atoms with Gasteiger partial charge in [0.05, 0.1) is 58.1 Å². The standard InChI is InChI=1S/C45H40N6O6/c1-28(9-8-16-41(53)48-26-31-11-3-2-10-30(31)23-34(48)27-52)45(57)37-24-33(51-43(55)36-13-5-7-15-39(36)47-51)21-22-40(37)49(44(45)56)25-29-17-19-32(20-18-29)50-42(54)35-12-4-6-14-38(35)46-50/h2-15,17-22,24,28,34,46-47,52,57H,16,23,25-27H2,1H3/b9-8+/t28-,34-,45+/m0/s1. The van der Waals surface area contributed by atoms with Gasteiger partial charge in [0.15, 0.2) is 5.60 Å². The van der Waals surface area contributed by atoms with Crippen LogP contribution in [0.25, 0.3) is 33.2 Å².